The van der Waals surface area contributed by atoms with Crippen molar-refractivity contribution in [2.45, 2.75) is 78.6 Å². The van der Waals surface area contributed by atoms with Crippen molar-refractivity contribution in [1.82, 2.24) is 14.5 Å². The number of rotatable bonds is 3. The Labute approximate surface area is 465 Å². The van der Waals surface area contributed by atoms with Gasteiger partial charge in [0.05, 0.1) is 16.7 Å². The van der Waals surface area contributed by atoms with E-state index in [0.717, 1.165) is 50.6 Å². The highest BCUT2D eigenvalue weighted by atomic mass is 15.0. The summed E-state index contributed by atoms with van der Waals surface area (Å²) in [6.07, 6.45) is 2.13. The fourth-order valence-corrected chi connectivity index (χ4v) is 13.3. The number of hydrogen-bond acceptors (Lipinski definition) is 2. The van der Waals surface area contributed by atoms with Crippen molar-refractivity contribution in [3.63, 3.8) is 0 Å². The fraction of sp³-hybridized carbons (Fsp3) is 0.158. The van der Waals surface area contributed by atoms with Gasteiger partial charge in [-0.3, -0.25) is 0 Å². The van der Waals surface area contributed by atoms with Gasteiger partial charge in [-0.05, 0) is 147 Å². The Bertz CT molecular complexity index is 4420. The zero-order valence-corrected chi connectivity index (χ0v) is 46.6. The maximum Gasteiger partial charge on any atom is 0.160 e. The van der Waals surface area contributed by atoms with E-state index in [9.17, 15) is 0 Å². The average Bonchev–Trinajstić information content (AvgIpc) is 3.57. The predicted octanol–water partition coefficient (Wildman–Crippen LogP) is 20.8. The lowest BCUT2D eigenvalue weighted by Crippen LogP contribution is -2.25. The fourth-order valence-electron chi connectivity index (χ4n) is 13.3. The van der Waals surface area contributed by atoms with Gasteiger partial charge in [0.15, 0.2) is 5.82 Å². The summed E-state index contributed by atoms with van der Waals surface area (Å²) < 4.78 is 2.42. The molecule has 0 radical (unpaired) electrons. The summed E-state index contributed by atoms with van der Waals surface area (Å²) in [5.74, 6) is 0.740. The first kappa shape index (κ1) is 48.5. The van der Waals surface area contributed by atoms with Gasteiger partial charge in [0.25, 0.3) is 0 Å². The van der Waals surface area contributed by atoms with Crippen LogP contribution in [0.2, 0.25) is 0 Å². The first-order valence-corrected chi connectivity index (χ1v) is 28.0. The van der Waals surface area contributed by atoms with Crippen molar-refractivity contribution in [3.05, 3.63) is 235 Å². The van der Waals surface area contributed by atoms with Gasteiger partial charge >= 0.3 is 0 Å². The lowest BCUT2D eigenvalue weighted by molar-refractivity contribution is 0.552. The molecule has 2 aliphatic rings. The van der Waals surface area contributed by atoms with E-state index in [1.807, 2.05) is 0 Å². The molecule has 10 aromatic carbocycles. The Morgan fingerprint density at radius 1 is 0.316 bits per heavy atom. The van der Waals surface area contributed by atoms with Crippen LogP contribution in [0.15, 0.2) is 219 Å². The van der Waals surface area contributed by atoms with Gasteiger partial charge < -0.3 is 4.57 Å². The molecule has 2 heterocycles. The van der Waals surface area contributed by atoms with Crippen LogP contribution in [0.3, 0.4) is 0 Å². The summed E-state index contributed by atoms with van der Waals surface area (Å²) in [4.78, 5) is 11.6. The molecule has 3 heteroatoms. The molecule has 12 aromatic rings. The van der Waals surface area contributed by atoms with Crippen molar-refractivity contribution >= 4 is 21.8 Å². The van der Waals surface area contributed by atoms with Gasteiger partial charge in [0.1, 0.15) is 0 Å². The number of fused-ring (bicyclic) bond motifs is 19. The molecule has 14 rings (SSSR count). The Morgan fingerprint density at radius 3 is 1.18 bits per heavy atom. The number of nitrogens with zero attached hydrogens (tertiary/aromatic N) is 3. The molecule has 0 bridgehead atoms. The van der Waals surface area contributed by atoms with Crippen LogP contribution in [0.1, 0.15) is 79.0 Å². The van der Waals surface area contributed by atoms with Gasteiger partial charge in [-0.2, -0.15) is 0 Å². The maximum atomic E-state index is 5.98. The van der Waals surface area contributed by atoms with E-state index in [1.165, 1.54) is 105 Å². The summed E-state index contributed by atoms with van der Waals surface area (Å²) in [7, 11) is 0. The topological polar surface area (TPSA) is 30.7 Å². The summed E-state index contributed by atoms with van der Waals surface area (Å²) in [5.41, 5.74) is 28.7. The summed E-state index contributed by atoms with van der Waals surface area (Å²) in [6.45, 7) is 21.3. The Balaban J connectivity index is 1.05. The molecule has 0 atom stereocenters. The quantitative estimate of drug-likeness (QED) is 0.177. The van der Waals surface area contributed by atoms with E-state index in [4.69, 9.17) is 9.97 Å². The van der Waals surface area contributed by atoms with E-state index in [0.29, 0.717) is 0 Å². The summed E-state index contributed by atoms with van der Waals surface area (Å²) in [6, 6.07) is 78.9. The van der Waals surface area contributed by atoms with Crippen molar-refractivity contribution in [3.8, 4) is 117 Å². The summed E-state index contributed by atoms with van der Waals surface area (Å²) >= 11 is 0. The zero-order chi connectivity index (χ0) is 54.1. The SMILES string of the molecule is CC(C)(C)c1cc(C(C)(C)C)c(-c2ncc3c(n2)-c2ccccc2-c2ccccc2-c2cc(-n4c5ccccc5c5ccccc54)ccc2-3)c(C(C)(C)C)c1-c1ccc2c(c1)-c1ccccc1-c1ccccc1-c1ccccc1-2. The lowest BCUT2D eigenvalue weighted by atomic mass is 9.67. The Morgan fingerprint density at radius 2 is 0.696 bits per heavy atom. The van der Waals surface area contributed by atoms with Gasteiger partial charge in [-0.15, -0.1) is 0 Å². The Kier molecular flexibility index (Phi) is 10.9. The van der Waals surface area contributed by atoms with Crippen molar-refractivity contribution < 1.29 is 0 Å². The molecule has 0 aliphatic heterocycles. The molecule has 3 nitrogen and oxygen atoms in total. The van der Waals surface area contributed by atoms with Gasteiger partial charge in [0.2, 0.25) is 0 Å². The van der Waals surface area contributed by atoms with E-state index < -0.39 is 0 Å². The molecule has 0 N–H and O–H groups in total. The Hall–Kier alpha value is -8.92. The minimum atomic E-state index is -0.347. The molecular formula is C76H63N3. The molecule has 2 aliphatic carbocycles. The molecular weight excluding hydrogens is 955 g/mol. The third kappa shape index (κ3) is 7.69. The zero-order valence-electron chi connectivity index (χ0n) is 46.6. The lowest BCUT2D eigenvalue weighted by Gasteiger charge is -2.37. The normalized spacial score (nSPS) is 12.6. The van der Waals surface area contributed by atoms with Crippen LogP contribution in [-0.4, -0.2) is 14.5 Å². The smallest absolute Gasteiger partial charge is 0.160 e. The van der Waals surface area contributed by atoms with E-state index in [2.05, 4.69) is 285 Å². The van der Waals surface area contributed by atoms with E-state index in [-0.39, 0.29) is 16.2 Å². The highest BCUT2D eigenvalue weighted by molar-refractivity contribution is 6.10. The van der Waals surface area contributed by atoms with Gasteiger partial charge in [-0.25, -0.2) is 9.97 Å². The molecule has 0 saturated heterocycles. The van der Waals surface area contributed by atoms with Crippen molar-refractivity contribution in [2.24, 2.45) is 0 Å². The molecule has 0 unspecified atom stereocenters. The van der Waals surface area contributed by atoms with E-state index in [1.54, 1.807) is 0 Å². The first-order chi connectivity index (χ1) is 38.1. The van der Waals surface area contributed by atoms with Crippen molar-refractivity contribution in [1.29, 1.82) is 0 Å². The molecule has 0 amide bonds. The molecule has 382 valence electrons. The second-order valence-corrected chi connectivity index (χ2v) is 24.9. The largest absolute Gasteiger partial charge is 0.309 e. The van der Waals surface area contributed by atoms with Gasteiger partial charge in [-0.1, -0.05) is 244 Å². The second-order valence-electron chi connectivity index (χ2n) is 24.9. The standard InChI is InChI=1S/C76H63N3/c1-74(2,3)65-44-66(75(4,5)6)70(71(76(7,8)9)69(65)46-38-40-57-52-28-13-12-26-50(52)48-24-10-11-25-49(48)51-27-14-16-31-55(51)62(57)42-46)73-77-45-64-58-41-39-47(79-67-36-22-20-33-59(67)60-34-21-23-37-68(60)79)43-63(58)56-32-17-15-29-53(56)54-30-18-19-35-61(54)72(64)78-73/h10-45H,1-9H3. The monoisotopic (exact) mass is 1020 g/mol. The maximum absolute atomic E-state index is 5.98. The highest BCUT2D eigenvalue weighted by Crippen LogP contribution is 2.54. The highest BCUT2D eigenvalue weighted by Gasteiger charge is 2.37. The number of aromatic nitrogens is 3. The van der Waals surface area contributed by atoms with Crippen LogP contribution in [0.5, 0.6) is 0 Å². The minimum absolute atomic E-state index is 0.220. The van der Waals surface area contributed by atoms with Crippen LogP contribution in [0.4, 0.5) is 0 Å². The number of benzene rings is 10. The molecule has 0 fully saturated rings. The second kappa shape index (κ2) is 17.8. The predicted molar refractivity (Wildman–Crippen MR) is 334 cm³/mol. The molecule has 79 heavy (non-hydrogen) atoms. The minimum Gasteiger partial charge on any atom is -0.309 e. The average molecular weight is 1020 g/mol. The summed E-state index contributed by atoms with van der Waals surface area (Å²) in [5, 5.41) is 2.49. The van der Waals surface area contributed by atoms with E-state index >= 15 is 0 Å². The molecule has 0 saturated carbocycles. The van der Waals surface area contributed by atoms with Crippen LogP contribution in [0.25, 0.3) is 139 Å². The third-order valence-corrected chi connectivity index (χ3v) is 16.8. The van der Waals surface area contributed by atoms with Crippen LogP contribution < -0.4 is 0 Å². The third-order valence-electron chi connectivity index (χ3n) is 16.8. The number of hydrogen-bond donors (Lipinski definition) is 0. The molecule has 0 spiro atoms. The number of para-hydroxylation sites is 2. The van der Waals surface area contributed by atoms with Gasteiger partial charge in [0, 0.05) is 39.3 Å². The van der Waals surface area contributed by atoms with Crippen LogP contribution in [0, 0.1) is 0 Å². The first-order valence-electron chi connectivity index (χ1n) is 28.0. The molecule has 2 aromatic heterocycles. The van der Waals surface area contributed by atoms with Crippen molar-refractivity contribution in [2.75, 3.05) is 0 Å². The van der Waals surface area contributed by atoms with Crippen LogP contribution >= 0.6 is 0 Å². The van der Waals surface area contributed by atoms with Crippen LogP contribution in [-0.2, 0) is 16.2 Å².